The maximum Gasteiger partial charge on any atom is 0.184 e. The number of aliphatic imine (C=N–C) groups is 1. The second kappa shape index (κ2) is 23.6. The fourth-order valence-corrected chi connectivity index (χ4v) is 4.77. The molecule has 1 rings (SSSR count). The molecule has 0 bridgehead atoms. The van der Waals surface area contributed by atoms with E-state index in [0.29, 0.717) is 0 Å². The molecule has 3 heteroatoms. The van der Waals surface area contributed by atoms with E-state index in [9.17, 15) is 0 Å². The van der Waals surface area contributed by atoms with Crippen LogP contribution in [-0.4, -0.2) is 43.6 Å². The van der Waals surface area contributed by atoms with Gasteiger partial charge in [0, 0.05) is 13.0 Å². The van der Waals surface area contributed by atoms with Gasteiger partial charge in [-0.3, -0.25) is 4.99 Å². The fraction of sp³-hybridized carbons (Fsp3) is 0.966. The Labute approximate surface area is 202 Å². The van der Waals surface area contributed by atoms with E-state index < -0.39 is 0 Å². The fourth-order valence-electron chi connectivity index (χ4n) is 4.77. The Hall–Kier alpha value is -0.570. The quantitative estimate of drug-likeness (QED) is 0.130. The lowest BCUT2D eigenvalue weighted by atomic mass is 10.1. The van der Waals surface area contributed by atoms with E-state index >= 15 is 0 Å². The van der Waals surface area contributed by atoms with Crippen molar-refractivity contribution in [3.05, 3.63) is 0 Å². The van der Waals surface area contributed by atoms with Crippen LogP contribution >= 0.6 is 0 Å². The van der Waals surface area contributed by atoms with Crippen LogP contribution in [0.5, 0.6) is 0 Å². The topological polar surface area (TPSA) is 24.8 Å². The summed E-state index contributed by atoms with van der Waals surface area (Å²) in [7, 11) is 0. The zero-order valence-electron chi connectivity index (χ0n) is 22.2. The van der Waals surface area contributed by atoms with Crippen LogP contribution in [0.4, 0.5) is 0 Å². The molecule has 0 unspecified atom stereocenters. The summed E-state index contributed by atoms with van der Waals surface area (Å²) in [6.45, 7) is 9.93. The lowest BCUT2D eigenvalue weighted by Gasteiger charge is -2.22. The van der Waals surface area contributed by atoms with Gasteiger partial charge >= 0.3 is 0 Å². The Morgan fingerprint density at radius 3 is 1.34 bits per heavy atom. The number of ether oxygens (including phenoxy) is 1. The second-order valence-corrected chi connectivity index (χ2v) is 10.1. The Balaban J connectivity index is 2.05. The minimum Gasteiger partial charge on any atom is -0.479 e. The maximum atomic E-state index is 5.64. The Kier molecular flexibility index (Phi) is 21.7. The average molecular weight is 451 g/mol. The highest BCUT2D eigenvalue weighted by Gasteiger charge is 2.11. The van der Waals surface area contributed by atoms with Crippen molar-refractivity contribution in [1.29, 1.82) is 0 Å². The van der Waals surface area contributed by atoms with Gasteiger partial charge in [0.1, 0.15) is 6.61 Å². The Bertz CT molecular complexity index is 386. The molecule has 0 aliphatic carbocycles. The molecule has 0 saturated heterocycles. The number of unbranched alkanes of at least 4 members (excludes halogenated alkanes) is 18. The van der Waals surface area contributed by atoms with Crippen LogP contribution in [0.2, 0.25) is 0 Å². The van der Waals surface area contributed by atoms with Crippen LogP contribution < -0.4 is 0 Å². The van der Waals surface area contributed by atoms with Crippen molar-refractivity contribution in [3.63, 3.8) is 0 Å². The SMILES string of the molecule is CCCCCCCCCCCCN(CCCCCCCCCCCC)CCC1=NCCO1. The smallest absolute Gasteiger partial charge is 0.184 e. The Morgan fingerprint density at radius 2 is 0.969 bits per heavy atom. The number of rotatable bonds is 25. The molecule has 190 valence electrons. The molecular formula is C29H58N2O. The van der Waals surface area contributed by atoms with Crippen molar-refractivity contribution in [1.82, 2.24) is 4.90 Å². The van der Waals surface area contributed by atoms with E-state index in [4.69, 9.17) is 4.74 Å². The standard InChI is InChI=1S/C29H58N2O/c1-3-5-7-9-11-13-15-17-19-21-25-31(27-23-29-30-24-28-32-29)26-22-20-18-16-14-12-10-8-6-4-2/h3-28H2,1-2H3. The van der Waals surface area contributed by atoms with Crippen LogP contribution in [0.25, 0.3) is 0 Å². The predicted octanol–water partition coefficient (Wildman–Crippen LogP) is 8.95. The van der Waals surface area contributed by atoms with E-state index in [0.717, 1.165) is 32.0 Å². The van der Waals surface area contributed by atoms with Crippen LogP contribution in [-0.2, 0) is 4.74 Å². The molecule has 1 aliphatic heterocycles. The summed E-state index contributed by atoms with van der Waals surface area (Å²) in [5.74, 6) is 1.00. The van der Waals surface area contributed by atoms with Crippen LogP contribution in [0.3, 0.4) is 0 Å². The summed E-state index contributed by atoms with van der Waals surface area (Å²) in [4.78, 5) is 7.18. The van der Waals surface area contributed by atoms with Crippen molar-refractivity contribution >= 4 is 5.90 Å². The highest BCUT2D eigenvalue weighted by atomic mass is 16.5. The molecule has 32 heavy (non-hydrogen) atoms. The summed E-state index contributed by atoms with van der Waals surface area (Å²) in [6.07, 6.45) is 29.4. The molecule has 0 aromatic rings. The molecule has 1 heterocycles. The van der Waals surface area contributed by atoms with Crippen molar-refractivity contribution < 1.29 is 4.74 Å². The Morgan fingerprint density at radius 1 is 0.562 bits per heavy atom. The molecule has 0 saturated carbocycles. The van der Waals surface area contributed by atoms with E-state index in [1.165, 1.54) is 142 Å². The van der Waals surface area contributed by atoms with Crippen molar-refractivity contribution in [2.24, 2.45) is 4.99 Å². The largest absolute Gasteiger partial charge is 0.479 e. The normalized spacial score (nSPS) is 13.7. The molecule has 0 spiro atoms. The summed E-state index contributed by atoms with van der Waals surface area (Å²) < 4.78 is 5.64. The maximum absolute atomic E-state index is 5.64. The number of hydrogen-bond acceptors (Lipinski definition) is 3. The van der Waals surface area contributed by atoms with Gasteiger partial charge < -0.3 is 9.64 Å². The van der Waals surface area contributed by atoms with Gasteiger partial charge in [-0.05, 0) is 25.9 Å². The first-order valence-corrected chi connectivity index (χ1v) is 14.7. The molecule has 0 aromatic heterocycles. The summed E-state index contributed by atoms with van der Waals surface area (Å²) in [5, 5.41) is 0. The van der Waals surface area contributed by atoms with Gasteiger partial charge in [-0.1, -0.05) is 129 Å². The van der Waals surface area contributed by atoms with Gasteiger partial charge in [0.2, 0.25) is 0 Å². The molecule has 0 atom stereocenters. The highest BCUT2D eigenvalue weighted by molar-refractivity contribution is 5.77. The second-order valence-electron chi connectivity index (χ2n) is 10.1. The molecule has 0 amide bonds. The minimum absolute atomic E-state index is 0.798. The molecule has 0 aromatic carbocycles. The molecular weight excluding hydrogens is 392 g/mol. The van der Waals surface area contributed by atoms with E-state index in [-0.39, 0.29) is 0 Å². The number of hydrogen-bond donors (Lipinski definition) is 0. The first-order valence-electron chi connectivity index (χ1n) is 14.7. The lowest BCUT2D eigenvalue weighted by molar-refractivity contribution is 0.257. The van der Waals surface area contributed by atoms with Crippen molar-refractivity contribution in [2.45, 2.75) is 149 Å². The van der Waals surface area contributed by atoms with E-state index in [2.05, 4.69) is 23.7 Å². The first-order chi connectivity index (χ1) is 15.9. The summed E-state index contributed by atoms with van der Waals surface area (Å²) in [6, 6.07) is 0. The van der Waals surface area contributed by atoms with Crippen molar-refractivity contribution in [3.8, 4) is 0 Å². The lowest BCUT2D eigenvalue weighted by Crippen LogP contribution is -2.28. The van der Waals surface area contributed by atoms with E-state index in [1.54, 1.807) is 0 Å². The third kappa shape index (κ3) is 18.9. The highest BCUT2D eigenvalue weighted by Crippen LogP contribution is 2.13. The van der Waals surface area contributed by atoms with Crippen LogP contribution in [0.15, 0.2) is 4.99 Å². The molecule has 0 radical (unpaired) electrons. The van der Waals surface area contributed by atoms with Crippen LogP contribution in [0.1, 0.15) is 149 Å². The number of nitrogens with zero attached hydrogens (tertiary/aromatic N) is 2. The molecule has 1 aliphatic rings. The van der Waals surface area contributed by atoms with E-state index in [1.807, 2.05) is 0 Å². The summed E-state index contributed by atoms with van der Waals surface area (Å²) >= 11 is 0. The predicted molar refractivity (Wildman–Crippen MR) is 143 cm³/mol. The average Bonchev–Trinajstić information content (AvgIpc) is 3.33. The van der Waals surface area contributed by atoms with Gasteiger partial charge in [0.25, 0.3) is 0 Å². The zero-order chi connectivity index (χ0) is 23.0. The minimum atomic E-state index is 0.798. The van der Waals surface area contributed by atoms with Crippen LogP contribution in [0, 0.1) is 0 Å². The van der Waals surface area contributed by atoms with Gasteiger partial charge in [-0.15, -0.1) is 0 Å². The van der Waals surface area contributed by atoms with Crippen molar-refractivity contribution in [2.75, 3.05) is 32.8 Å². The van der Waals surface area contributed by atoms with Gasteiger partial charge in [-0.25, -0.2) is 0 Å². The summed E-state index contributed by atoms with van der Waals surface area (Å²) in [5.41, 5.74) is 0. The van der Waals surface area contributed by atoms with Gasteiger partial charge in [0.15, 0.2) is 5.90 Å². The zero-order valence-corrected chi connectivity index (χ0v) is 22.2. The molecule has 0 fully saturated rings. The van der Waals surface area contributed by atoms with Gasteiger partial charge in [0.05, 0.1) is 6.54 Å². The first kappa shape index (κ1) is 29.5. The third-order valence-corrected chi connectivity index (χ3v) is 6.95. The monoisotopic (exact) mass is 450 g/mol. The third-order valence-electron chi connectivity index (χ3n) is 6.95. The molecule has 3 nitrogen and oxygen atoms in total. The molecule has 0 N–H and O–H groups in total. The van der Waals surface area contributed by atoms with Gasteiger partial charge in [-0.2, -0.15) is 0 Å².